The van der Waals surface area contributed by atoms with Gasteiger partial charge in [-0.05, 0) is 36.2 Å². The topological polar surface area (TPSA) is 68.9 Å². The second-order valence-corrected chi connectivity index (χ2v) is 5.92. The van der Waals surface area contributed by atoms with Gasteiger partial charge in [0, 0.05) is 29.7 Å². The number of nitrogens with one attached hydrogen (secondary N) is 1. The van der Waals surface area contributed by atoms with Gasteiger partial charge in [0.25, 0.3) is 0 Å². The molecular formula is C18H21ClIN3O2. The van der Waals surface area contributed by atoms with Crippen molar-refractivity contribution >= 4 is 47.2 Å². The van der Waals surface area contributed by atoms with Gasteiger partial charge in [-0.15, -0.1) is 24.0 Å². The first-order chi connectivity index (χ1) is 11.7. The van der Waals surface area contributed by atoms with Crippen molar-refractivity contribution in [3.8, 4) is 11.5 Å². The first-order valence-corrected chi connectivity index (χ1v) is 8.29. The molecular weight excluding hydrogens is 453 g/mol. The van der Waals surface area contributed by atoms with E-state index in [1.54, 1.807) is 0 Å². The van der Waals surface area contributed by atoms with Crippen LogP contribution < -0.4 is 20.5 Å². The highest BCUT2D eigenvalue weighted by Gasteiger charge is 2.10. The monoisotopic (exact) mass is 473 g/mol. The van der Waals surface area contributed by atoms with E-state index in [2.05, 4.69) is 10.3 Å². The Kier molecular flexibility index (Phi) is 7.64. The quantitative estimate of drug-likeness (QED) is 0.399. The fraction of sp³-hybridized carbons (Fsp3) is 0.278. The number of aliphatic imine (C=N–C) groups is 1. The summed E-state index contributed by atoms with van der Waals surface area (Å²) in [6, 6.07) is 13.4. The Hall–Kier alpha value is -1.67. The van der Waals surface area contributed by atoms with Crippen LogP contribution >= 0.6 is 35.6 Å². The number of benzene rings is 2. The van der Waals surface area contributed by atoms with Crippen LogP contribution in [0.15, 0.2) is 47.5 Å². The third kappa shape index (κ3) is 5.97. The van der Waals surface area contributed by atoms with Gasteiger partial charge >= 0.3 is 0 Å². The van der Waals surface area contributed by atoms with E-state index in [9.17, 15) is 0 Å². The van der Waals surface area contributed by atoms with Crippen LogP contribution in [0, 0.1) is 0 Å². The molecule has 5 nitrogen and oxygen atoms in total. The second-order valence-electron chi connectivity index (χ2n) is 5.48. The average Bonchev–Trinajstić information content (AvgIpc) is 2.80. The highest BCUT2D eigenvalue weighted by molar-refractivity contribution is 14.0. The molecule has 0 spiro atoms. The van der Waals surface area contributed by atoms with Crippen molar-refractivity contribution in [3.63, 3.8) is 0 Å². The summed E-state index contributed by atoms with van der Waals surface area (Å²) in [4.78, 5) is 4.34. The lowest BCUT2D eigenvalue weighted by Gasteiger charge is -2.10. The number of fused-ring (bicyclic) bond motifs is 1. The number of anilines is 1. The van der Waals surface area contributed by atoms with Crippen LogP contribution in [0.3, 0.4) is 0 Å². The number of hydrogen-bond acceptors (Lipinski definition) is 3. The Bertz CT molecular complexity index is 740. The summed E-state index contributed by atoms with van der Waals surface area (Å²) < 4.78 is 11.3. The number of ether oxygens (including phenoxy) is 2. The van der Waals surface area contributed by atoms with Gasteiger partial charge in [0.05, 0.1) is 13.2 Å². The highest BCUT2D eigenvalue weighted by atomic mass is 127. The largest absolute Gasteiger partial charge is 0.490 e. The van der Waals surface area contributed by atoms with Crippen molar-refractivity contribution in [3.05, 3.63) is 53.1 Å². The van der Waals surface area contributed by atoms with Crippen molar-refractivity contribution < 1.29 is 9.47 Å². The molecule has 3 rings (SSSR count). The molecule has 0 aliphatic carbocycles. The average molecular weight is 474 g/mol. The maximum Gasteiger partial charge on any atom is 0.193 e. The van der Waals surface area contributed by atoms with Crippen LogP contribution in [0.1, 0.15) is 12.0 Å². The molecule has 2 aromatic carbocycles. The smallest absolute Gasteiger partial charge is 0.193 e. The summed E-state index contributed by atoms with van der Waals surface area (Å²) in [6.45, 7) is 1.91. The Balaban J connectivity index is 0.00000225. The maximum atomic E-state index is 5.97. The minimum atomic E-state index is 0. The summed E-state index contributed by atoms with van der Waals surface area (Å²) in [7, 11) is 0. The third-order valence-electron chi connectivity index (χ3n) is 3.59. The Labute approximate surface area is 169 Å². The molecule has 2 aromatic rings. The Morgan fingerprint density at radius 1 is 1.12 bits per heavy atom. The summed E-state index contributed by atoms with van der Waals surface area (Å²) in [6.07, 6.45) is 1.66. The zero-order chi connectivity index (χ0) is 16.8. The van der Waals surface area contributed by atoms with E-state index in [4.69, 9.17) is 26.8 Å². The van der Waals surface area contributed by atoms with Crippen LogP contribution in [0.25, 0.3) is 0 Å². The molecule has 0 saturated heterocycles. The predicted molar refractivity (Wildman–Crippen MR) is 113 cm³/mol. The molecule has 1 aliphatic heterocycles. The SMILES string of the molecule is I.NC(=NCCc1cccc(Cl)c1)Nc1ccc2c(c1)OCCCO2. The fourth-order valence-electron chi connectivity index (χ4n) is 2.43. The molecule has 0 amide bonds. The van der Waals surface area contributed by atoms with Gasteiger partial charge in [-0.2, -0.15) is 0 Å². The number of halogens is 2. The Morgan fingerprint density at radius 2 is 1.92 bits per heavy atom. The molecule has 0 aromatic heterocycles. The number of nitrogens with two attached hydrogens (primary N) is 1. The van der Waals surface area contributed by atoms with Gasteiger partial charge in [-0.1, -0.05) is 23.7 Å². The Morgan fingerprint density at radius 3 is 2.72 bits per heavy atom. The van der Waals surface area contributed by atoms with Gasteiger partial charge in [0.15, 0.2) is 17.5 Å². The molecule has 0 radical (unpaired) electrons. The van der Waals surface area contributed by atoms with Crippen LogP contribution in [0.2, 0.25) is 5.02 Å². The predicted octanol–water partition coefficient (Wildman–Crippen LogP) is 4.09. The second kappa shape index (κ2) is 9.72. The van der Waals surface area contributed by atoms with Crippen molar-refractivity contribution in [1.29, 1.82) is 0 Å². The van der Waals surface area contributed by atoms with Gasteiger partial charge in [-0.25, -0.2) is 0 Å². The third-order valence-corrected chi connectivity index (χ3v) is 3.83. The van der Waals surface area contributed by atoms with Gasteiger partial charge in [-0.3, -0.25) is 4.99 Å². The molecule has 0 atom stereocenters. The van der Waals surface area contributed by atoms with Crippen molar-refractivity contribution in [2.24, 2.45) is 10.7 Å². The molecule has 1 heterocycles. The number of hydrogen-bond donors (Lipinski definition) is 2. The zero-order valence-electron chi connectivity index (χ0n) is 13.7. The van der Waals surface area contributed by atoms with Gasteiger partial charge in [0.1, 0.15) is 0 Å². The van der Waals surface area contributed by atoms with E-state index in [1.165, 1.54) is 0 Å². The van der Waals surface area contributed by atoms with Gasteiger partial charge < -0.3 is 20.5 Å². The minimum absolute atomic E-state index is 0. The first kappa shape index (κ1) is 19.7. The molecule has 0 bridgehead atoms. The summed E-state index contributed by atoms with van der Waals surface area (Å²) in [5.41, 5.74) is 7.90. The minimum Gasteiger partial charge on any atom is -0.490 e. The van der Waals surface area contributed by atoms with Crippen molar-refractivity contribution in [2.45, 2.75) is 12.8 Å². The highest BCUT2D eigenvalue weighted by Crippen LogP contribution is 2.32. The first-order valence-electron chi connectivity index (χ1n) is 7.92. The van der Waals surface area contributed by atoms with Crippen LogP contribution in [0.5, 0.6) is 11.5 Å². The number of nitrogens with zero attached hydrogens (tertiary/aromatic N) is 1. The lowest BCUT2D eigenvalue weighted by molar-refractivity contribution is 0.297. The lowest BCUT2D eigenvalue weighted by atomic mass is 10.1. The summed E-state index contributed by atoms with van der Waals surface area (Å²) in [5.74, 6) is 1.85. The van der Waals surface area contributed by atoms with E-state index in [-0.39, 0.29) is 24.0 Å². The number of guanidine groups is 1. The zero-order valence-corrected chi connectivity index (χ0v) is 16.8. The van der Waals surface area contributed by atoms with Crippen molar-refractivity contribution in [1.82, 2.24) is 0 Å². The summed E-state index contributed by atoms with van der Waals surface area (Å²) >= 11 is 5.97. The number of rotatable bonds is 4. The van der Waals surface area contributed by atoms with Crippen LogP contribution in [-0.4, -0.2) is 25.7 Å². The normalized spacial score (nSPS) is 13.6. The molecule has 1 aliphatic rings. The van der Waals surface area contributed by atoms with Crippen LogP contribution in [0.4, 0.5) is 5.69 Å². The molecule has 134 valence electrons. The van der Waals surface area contributed by atoms with Crippen molar-refractivity contribution in [2.75, 3.05) is 25.1 Å². The van der Waals surface area contributed by atoms with E-state index in [1.807, 2.05) is 42.5 Å². The molecule has 0 fully saturated rings. The molecule has 7 heteroatoms. The molecule has 0 unspecified atom stereocenters. The fourth-order valence-corrected chi connectivity index (χ4v) is 2.64. The van der Waals surface area contributed by atoms with Crippen LogP contribution in [-0.2, 0) is 6.42 Å². The van der Waals surface area contributed by atoms with E-state index >= 15 is 0 Å². The van der Waals surface area contributed by atoms with E-state index in [0.29, 0.717) is 25.7 Å². The van der Waals surface area contributed by atoms with E-state index < -0.39 is 0 Å². The van der Waals surface area contributed by atoms with Gasteiger partial charge in [0.2, 0.25) is 0 Å². The maximum absolute atomic E-state index is 5.97. The molecule has 0 saturated carbocycles. The standard InChI is InChI=1S/C18H20ClN3O2.HI/c19-14-4-1-3-13(11-14)7-8-21-18(20)22-15-5-6-16-17(12-15)24-10-2-9-23-16;/h1,3-6,11-12H,2,7-10H2,(H3,20,21,22);1H. The molecule has 25 heavy (non-hydrogen) atoms. The van der Waals surface area contributed by atoms with E-state index in [0.717, 1.165) is 40.6 Å². The lowest BCUT2D eigenvalue weighted by Crippen LogP contribution is -2.23. The summed E-state index contributed by atoms with van der Waals surface area (Å²) in [5, 5.41) is 3.81. The molecule has 3 N–H and O–H groups in total.